The number of furan rings is 1. The molecule has 0 fully saturated rings. The molecule has 142 valence electrons. The highest BCUT2D eigenvalue weighted by Crippen LogP contribution is 2.27. The van der Waals surface area contributed by atoms with Gasteiger partial charge in [-0.1, -0.05) is 0 Å². The number of pyridine rings is 1. The Labute approximate surface area is 167 Å². The van der Waals surface area contributed by atoms with Crippen LogP contribution in [-0.2, 0) is 0 Å². The summed E-state index contributed by atoms with van der Waals surface area (Å²) in [5, 5.41) is 8.11. The summed E-state index contributed by atoms with van der Waals surface area (Å²) in [6.07, 6.45) is 5.30. The molecule has 1 amide bonds. The predicted octanol–water partition coefficient (Wildman–Crippen LogP) is 5.25. The van der Waals surface area contributed by atoms with Crippen molar-refractivity contribution in [2.45, 2.75) is 24.8 Å². The molecule has 6 nitrogen and oxygen atoms in total. The summed E-state index contributed by atoms with van der Waals surface area (Å²) in [6.45, 7) is 4.06. The first-order valence-electron chi connectivity index (χ1n) is 8.94. The lowest BCUT2D eigenvalue weighted by atomic mass is 10.1. The third-order valence-corrected chi connectivity index (χ3v) is 5.17. The van der Waals surface area contributed by atoms with E-state index in [4.69, 9.17) is 9.40 Å². The lowest BCUT2D eigenvalue weighted by Crippen LogP contribution is -2.13. The van der Waals surface area contributed by atoms with Crippen LogP contribution in [0.15, 0.2) is 64.2 Å². The highest BCUT2D eigenvalue weighted by atomic mass is 32.2. The van der Waals surface area contributed by atoms with Gasteiger partial charge >= 0.3 is 0 Å². The number of anilines is 1. The van der Waals surface area contributed by atoms with Gasteiger partial charge in [0.25, 0.3) is 5.91 Å². The molecule has 7 heteroatoms. The summed E-state index contributed by atoms with van der Waals surface area (Å²) in [5.74, 6) is 0.400. The van der Waals surface area contributed by atoms with Crippen LogP contribution in [0.4, 0.5) is 5.69 Å². The van der Waals surface area contributed by atoms with Gasteiger partial charge in [-0.3, -0.25) is 4.79 Å². The van der Waals surface area contributed by atoms with Crippen molar-refractivity contribution in [3.8, 4) is 11.5 Å². The summed E-state index contributed by atoms with van der Waals surface area (Å²) in [5.41, 5.74) is 2.51. The number of nitrogens with one attached hydrogen (secondary N) is 1. The smallest absolute Gasteiger partial charge is 0.256 e. The van der Waals surface area contributed by atoms with Gasteiger partial charge in [-0.05, 0) is 62.6 Å². The number of nitrogens with zero attached hydrogens (tertiary/aromatic N) is 3. The van der Waals surface area contributed by atoms with Crippen molar-refractivity contribution >= 4 is 34.4 Å². The number of rotatable bonds is 5. The fraction of sp³-hybridized carbons (Fsp3) is 0.190. The summed E-state index contributed by atoms with van der Waals surface area (Å²) in [7, 11) is 0. The molecular formula is C21H20N4O2S. The van der Waals surface area contributed by atoms with Crippen LogP contribution in [0, 0.1) is 0 Å². The highest BCUT2D eigenvalue weighted by Gasteiger charge is 2.19. The van der Waals surface area contributed by atoms with E-state index in [2.05, 4.69) is 10.4 Å². The maximum absolute atomic E-state index is 13.1. The van der Waals surface area contributed by atoms with Gasteiger partial charge in [0.2, 0.25) is 0 Å². The fourth-order valence-electron chi connectivity index (χ4n) is 3.01. The quantitative estimate of drug-likeness (QED) is 0.470. The zero-order chi connectivity index (χ0) is 19.7. The molecule has 0 atom stereocenters. The third kappa shape index (κ3) is 3.41. The molecule has 0 spiro atoms. The van der Waals surface area contributed by atoms with E-state index in [1.165, 1.54) is 0 Å². The highest BCUT2D eigenvalue weighted by molar-refractivity contribution is 7.98. The Hall–Kier alpha value is -3.06. The van der Waals surface area contributed by atoms with Crippen molar-refractivity contribution in [2.24, 2.45) is 0 Å². The normalized spacial score (nSPS) is 11.3. The average molecular weight is 392 g/mol. The van der Waals surface area contributed by atoms with Crippen molar-refractivity contribution in [1.29, 1.82) is 0 Å². The maximum atomic E-state index is 13.1. The van der Waals surface area contributed by atoms with Gasteiger partial charge < -0.3 is 9.73 Å². The SMILES string of the molecule is CSc1ccc(NC(=O)c2cc(-c3ccco3)nc3c2cnn3C(C)C)cc1. The molecule has 1 aromatic carbocycles. The van der Waals surface area contributed by atoms with Crippen molar-refractivity contribution < 1.29 is 9.21 Å². The fourth-order valence-corrected chi connectivity index (χ4v) is 3.42. The molecule has 0 aliphatic carbocycles. The Morgan fingerprint density at radius 1 is 1.21 bits per heavy atom. The number of hydrogen-bond donors (Lipinski definition) is 1. The Balaban J connectivity index is 1.78. The van der Waals surface area contributed by atoms with Crippen LogP contribution in [0.3, 0.4) is 0 Å². The van der Waals surface area contributed by atoms with E-state index in [0.29, 0.717) is 28.1 Å². The number of fused-ring (bicyclic) bond motifs is 1. The van der Waals surface area contributed by atoms with Crippen molar-refractivity contribution in [3.63, 3.8) is 0 Å². The minimum Gasteiger partial charge on any atom is -0.463 e. The number of aromatic nitrogens is 3. The van der Waals surface area contributed by atoms with Crippen molar-refractivity contribution in [1.82, 2.24) is 14.8 Å². The third-order valence-electron chi connectivity index (χ3n) is 4.42. The number of carbonyl (C=O) groups is 1. The molecule has 0 radical (unpaired) electrons. The number of carbonyl (C=O) groups excluding carboxylic acids is 1. The van der Waals surface area contributed by atoms with Gasteiger partial charge in [-0.2, -0.15) is 5.10 Å². The first-order chi connectivity index (χ1) is 13.6. The lowest BCUT2D eigenvalue weighted by Gasteiger charge is -2.10. The number of thioether (sulfide) groups is 1. The second kappa shape index (κ2) is 7.52. The zero-order valence-corrected chi connectivity index (χ0v) is 16.7. The van der Waals surface area contributed by atoms with Gasteiger partial charge in [0.05, 0.1) is 23.4 Å². The van der Waals surface area contributed by atoms with Crippen LogP contribution in [0.25, 0.3) is 22.5 Å². The molecule has 0 aliphatic heterocycles. The van der Waals surface area contributed by atoms with Gasteiger partial charge in [0.15, 0.2) is 11.4 Å². The van der Waals surface area contributed by atoms with Gasteiger partial charge in [0.1, 0.15) is 5.69 Å². The van der Waals surface area contributed by atoms with E-state index in [-0.39, 0.29) is 11.9 Å². The minimum absolute atomic E-state index is 0.117. The molecule has 3 heterocycles. The van der Waals surface area contributed by atoms with Crippen LogP contribution in [-0.4, -0.2) is 26.9 Å². The molecule has 0 bridgehead atoms. The molecule has 28 heavy (non-hydrogen) atoms. The molecule has 3 aromatic heterocycles. The lowest BCUT2D eigenvalue weighted by molar-refractivity contribution is 0.102. The largest absolute Gasteiger partial charge is 0.463 e. The van der Waals surface area contributed by atoms with E-state index in [9.17, 15) is 4.79 Å². The Morgan fingerprint density at radius 3 is 2.64 bits per heavy atom. The second-order valence-corrected chi connectivity index (χ2v) is 7.51. The zero-order valence-electron chi connectivity index (χ0n) is 15.8. The Kier molecular flexibility index (Phi) is 4.92. The van der Waals surface area contributed by atoms with E-state index in [1.54, 1.807) is 36.4 Å². The summed E-state index contributed by atoms with van der Waals surface area (Å²) < 4.78 is 7.31. The van der Waals surface area contributed by atoms with Gasteiger partial charge in [0, 0.05) is 16.6 Å². The minimum atomic E-state index is -0.208. The van der Waals surface area contributed by atoms with Crippen LogP contribution in [0.5, 0.6) is 0 Å². The van der Waals surface area contributed by atoms with Crippen LogP contribution < -0.4 is 5.32 Å². The molecule has 1 N–H and O–H groups in total. The molecule has 0 unspecified atom stereocenters. The van der Waals surface area contributed by atoms with E-state index >= 15 is 0 Å². The molecule has 4 rings (SSSR count). The summed E-state index contributed by atoms with van der Waals surface area (Å²) in [4.78, 5) is 18.9. The topological polar surface area (TPSA) is 73.0 Å². The van der Waals surface area contributed by atoms with Crippen LogP contribution >= 0.6 is 11.8 Å². The molecule has 0 saturated heterocycles. The standard InChI is InChI=1S/C21H20N4O2S/c1-13(2)25-20-17(12-22-25)16(11-18(24-20)19-5-4-10-27-19)21(26)23-14-6-8-15(28-3)9-7-14/h4-13H,1-3H3,(H,23,26). The molecular weight excluding hydrogens is 372 g/mol. The Bertz CT molecular complexity index is 1120. The number of amides is 1. The van der Waals surface area contributed by atoms with E-state index in [1.807, 2.05) is 55.1 Å². The van der Waals surface area contributed by atoms with Crippen LogP contribution in [0.2, 0.25) is 0 Å². The van der Waals surface area contributed by atoms with Gasteiger partial charge in [-0.15, -0.1) is 11.8 Å². The molecule has 0 saturated carbocycles. The monoisotopic (exact) mass is 392 g/mol. The van der Waals surface area contributed by atoms with Crippen molar-refractivity contribution in [3.05, 3.63) is 60.5 Å². The second-order valence-electron chi connectivity index (χ2n) is 6.64. The number of hydrogen-bond acceptors (Lipinski definition) is 5. The average Bonchev–Trinajstić information content (AvgIpc) is 3.37. The first kappa shape index (κ1) is 18.3. The van der Waals surface area contributed by atoms with Gasteiger partial charge in [-0.25, -0.2) is 9.67 Å². The van der Waals surface area contributed by atoms with Crippen LogP contribution in [0.1, 0.15) is 30.2 Å². The number of benzene rings is 1. The maximum Gasteiger partial charge on any atom is 0.256 e. The van der Waals surface area contributed by atoms with Crippen molar-refractivity contribution in [2.75, 3.05) is 11.6 Å². The molecule has 0 aliphatic rings. The molecule has 4 aromatic rings. The summed E-state index contributed by atoms with van der Waals surface area (Å²) in [6, 6.07) is 13.2. The van der Waals surface area contributed by atoms with E-state index < -0.39 is 0 Å². The predicted molar refractivity (Wildman–Crippen MR) is 112 cm³/mol. The van der Waals surface area contributed by atoms with E-state index in [0.717, 1.165) is 10.6 Å². The summed E-state index contributed by atoms with van der Waals surface area (Å²) >= 11 is 1.66. The Morgan fingerprint density at radius 2 is 2.00 bits per heavy atom. The first-order valence-corrected chi connectivity index (χ1v) is 10.2.